The van der Waals surface area contributed by atoms with Crippen molar-refractivity contribution in [3.63, 3.8) is 0 Å². The Labute approximate surface area is 174 Å². The van der Waals surface area contributed by atoms with Gasteiger partial charge in [-0.15, -0.1) is 0 Å². The van der Waals surface area contributed by atoms with E-state index < -0.39 is 27.0 Å². The van der Waals surface area contributed by atoms with E-state index in [1.54, 1.807) is 30.6 Å². The van der Waals surface area contributed by atoms with Gasteiger partial charge in [0.05, 0.1) is 6.04 Å². The Morgan fingerprint density at radius 2 is 1.55 bits per heavy atom. The second kappa shape index (κ2) is 8.39. The maximum absolute atomic E-state index is 12.9. The van der Waals surface area contributed by atoms with E-state index in [1.807, 2.05) is 7.05 Å². The first-order chi connectivity index (χ1) is 13.5. The predicted octanol–water partition coefficient (Wildman–Crippen LogP) is 0.564. The van der Waals surface area contributed by atoms with Crippen LogP contribution in [0.1, 0.15) is 40.0 Å². The minimum Gasteiger partial charge on any atom is -0.444 e. The van der Waals surface area contributed by atoms with Gasteiger partial charge in [0, 0.05) is 39.3 Å². The Balaban J connectivity index is 1.49. The van der Waals surface area contributed by atoms with Gasteiger partial charge in [-0.25, -0.2) is 13.2 Å². The summed E-state index contributed by atoms with van der Waals surface area (Å²) in [5.41, 5.74) is -0.575. The Morgan fingerprint density at radius 1 is 0.931 bits per heavy atom. The molecule has 3 saturated heterocycles. The summed E-state index contributed by atoms with van der Waals surface area (Å²) in [6, 6.07) is -0.121. The van der Waals surface area contributed by atoms with Crippen LogP contribution in [0.2, 0.25) is 0 Å². The van der Waals surface area contributed by atoms with Crippen molar-refractivity contribution in [2.24, 2.45) is 0 Å². The summed E-state index contributed by atoms with van der Waals surface area (Å²) in [6.45, 7) is 8.01. The first-order valence-electron chi connectivity index (χ1n) is 10.4. The molecule has 0 aromatic heterocycles. The smallest absolute Gasteiger partial charge is 0.410 e. The van der Waals surface area contributed by atoms with Crippen molar-refractivity contribution in [2.45, 2.75) is 56.9 Å². The maximum atomic E-state index is 12.9. The van der Waals surface area contributed by atoms with Gasteiger partial charge in [0.1, 0.15) is 10.9 Å². The number of likely N-dealkylation sites (tertiary alicyclic amines) is 2. The van der Waals surface area contributed by atoms with Crippen LogP contribution in [0.3, 0.4) is 0 Å². The van der Waals surface area contributed by atoms with Crippen molar-refractivity contribution in [1.82, 2.24) is 19.0 Å². The standard InChI is InChI=1S/C19H34N4O5S/c1-19(2,3)28-18(25)21-9-11-23(12-10-21)29(26,27)15-13-22(14-15)17(24)16-7-5-6-8-20(16)4/h15-16H,5-14H2,1-4H3/t16-/m1/s1. The third-order valence-corrected chi connectivity index (χ3v) is 8.11. The van der Waals surface area contributed by atoms with Crippen LogP contribution >= 0.6 is 0 Å². The van der Waals surface area contributed by atoms with Crippen LogP contribution in [0, 0.1) is 0 Å². The fourth-order valence-corrected chi connectivity index (χ4v) is 5.90. The van der Waals surface area contributed by atoms with Gasteiger partial charge in [-0.1, -0.05) is 6.42 Å². The van der Waals surface area contributed by atoms with Crippen molar-refractivity contribution in [1.29, 1.82) is 0 Å². The van der Waals surface area contributed by atoms with Gasteiger partial charge in [0.25, 0.3) is 0 Å². The fourth-order valence-electron chi connectivity index (χ4n) is 4.07. The van der Waals surface area contributed by atoms with Crippen molar-refractivity contribution in [3.8, 4) is 0 Å². The second-order valence-electron chi connectivity index (χ2n) is 9.27. The monoisotopic (exact) mass is 430 g/mol. The maximum Gasteiger partial charge on any atom is 0.410 e. The molecule has 3 aliphatic rings. The van der Waals surface area contributed by atoms with E-state index in [0.29, 0.717) is 13.1 Å². The third-order valence-electron chi connectivity index (χ3n) is 5.89. The van der Waals surface area contributed by atoms with Gasteiger partial charge in [0.2, 0.25) is 15.9 Å². The van der Waals surface area contributed by atoms with E-state index in [1.165, 1.54) is 4.31 Å². The molecule has 0 radical (unpaired) electrons. The third kappa shape index (κ3) is 5.03. The Kier molecular flexibility index (Phi) is 6.45. The number of likely N-dealkylation sites (N-methyl/N-ethyl adjacent to an activating group) is 1. The molecule has 0 N–H and O–H groups in total. The highest BCUT2D eigenvalue weighted by molar-refractivity contribution is 7.89. The second-order valence-corrected chi connectivity index (χ2v) is 11.5. The van der Waals surface area contributed by atoms with Crippen LogP contribution in [0.25, 0.3) is 0 Å². The lowest BCUT2D eigenvalue weighted by atomic mass is 10.0. The lowest BCUT2D eigenvalue weighted by molar-refractivity contribution is -0.141. The Hall–Kier alpha value is -1.39. The number of hydrogen-bond donors (Lipinski definition) is 0. The highest BCUT2D eigenvalue weighted by atomic mass is 32.2. The zero-order valence-electron chi connectivity index (χ0n) is 18.0. The van der Waals surface area contributed by atoms with E-state index in [0.717, 1.165) is 25.8 Å². The molecule has 0 aliphatic carbocycles. The Morgan fingerprint density at radius 3 is 2.10 bits per heavy atom. The summed E-state index contributed by atoms with van der Waals surface area (Å²) < 4.78 is 32.7. The molecule has 0 bridgehead atoms. The van der Waals surface area contributed by atoms with Crippen LogP contribution in [-0.2, 0) is 19.6 Å². The molecule has 3 heterocycles. The Bertz CT molecular complexity index is 721. The van der Waals surface area contributed by atoms with Crippen LogP contribution < -0.4 is 0 Å². The molecule has 3 aliphatic heterocycles. The lowest BCUT2D eigenvalue weighted by Gasteiger charge is -2.45. The highest BCUT2D eigenvalue weighted by Crippen LogP contribution is 2.25. The summed E-state index contributed by atoms with van der Waals surface area (Å²) in [5.74, 6) is 0.0494. The number of amides is 2. The van der Waals surface area contributed by atoms with Crippen molar-refractivity contribution in [3.05, 3.63) is 0 Å². The summed E-state index contributed by atoms with van der Waals surface area (Å²) in [4.78, 5) is 30.1. The topological polar surface area (TPSA) is 90.5 Å². The fraction of sp³-hybridized carbons (Fsp3) is 0.895. The van der Waals surface area contributed by atoms with E-state index >= 15 is 0 Å². The summed E-state index contributed by atoms with van der Waals surface area (Å²) in [7, 11) is -1.51. The summed E-state index contributed by atoms with van der Waals surface area (Å²) >= 11 is 0. The SMILES string of the molecule is CN1CCCC[C@@H]1C(=O)N1CC(S(=O)(=O)N2CCN(C(=O)OC(C)(C)C)CC2)C1. The van der Waals surface area contributed by atoms with Crippen molar-refractivity contribution in [2.75, 3.05) is 52.9 Å². The molecule has 0 aromatic rings. The van der Waals surface area contributed by atoms with Gasteiger partial charge in [-0.2, -0.15) is 4.31 Å². The number of carbonyl (C=O) groups is 2. The lowest BCUT2D eigenvalue weighted by Crippen LogP contribution is -2.64. The predicted molar refractivity (Wildman–Crippen MR) is 109 cm³/mol. The quantitative estimate of drug-likeness (QED) is 0.650. The zero-order chi connectivity index (χ0) is 21.4. The van der Waals surface area contributed by atoms with Gasteiger partial charge in [-0.05, 0) is 47.2 Å². The molecule has 0 unspecified atom stereocenters. The molecule has 2 amide bonds. The molecule has 0 spiro atoms. The van der Waals surface area contributed by atoms with Crippen LogP contribution in [0.5, 0.6) is 0 Å². The first-order valence-corrected chi connectivity index (χ1v) is 12.0. The largest absolute Gasteiger partial charge is 0.444 e. The molecule has 3 rings (SSSR count). The molecule has 9 nitrogen and oxygen atoms in total. The van der Waals surface area contributed by atoms with Crippen LogP contribution in [-0.4, -0.2) is 109 Å². The zero-order valence-corrected chi connectivity index (χ0v) is 18.8. The molecule has 1 atom stereocenters. The number of piperidine rings is 1. The molecule has 10 heteroatoms. The summed E-state index contributed by atoms with van der Waals surface area (Å²) in [5, 5.41) is -0.548. The summed E-state index contributed by atoms with van der Waals surface area (Å²) in [6.07, 6.45) is 2.58. The number of rotatable bonds is 3. The van der Waals surface area contributed by atoms with Gasteiger partial charge < -0.3 is 14.5 Å². The molecule has 0 aromatic carbocycles. The number of sulfonamides is 1. The number of hydrogen-bond acceptors (Lipinski definition) is 6. The normalized spacial score (nSPS) is 25.6. The average Bonchev–Trinajstić information content (AvgIpc) is 2.59. The van der Waals surface area contributed by atoms with Crippen LogP contribution in [0.4, 0.5) is 4.79 Å². The number of ether oxygens (including phenoxy) is 1. The van der Waals surface area contributed by atoms with E-state index in [9.17, 15) is 18.0 Å². The minimum absolute atomic E-state index is 0.0494. The van der Waals surface area contributed by atoms with Gasteiger partial charge in [-0.3, -0.25) is 9.69 Å². The highest BCUT2D eigenvalue weighted by Gasteiger charge is 2.45. The van der Waals surface area contributed by atoms with E-state index in [4.69, 9.17) is 4.74 Å². The van der Waals surface area contributed by atoms with E-state index in [-0.39, 0.29) is 38.1 Å². The molecular weight excluding hydrogens is 396 g/mol. The molecular formula is C19H34N4O5S. The van der Waals surface area contributed by atoms with Crippen LogP contribution in [0.15, 0.2) is 0 Å². The minimum atomic E-state index is -3.47. The number of piperazine rings is 1. The molecule has 166 valence electrons. The van der Waals surface area contributed by atoms with Gasteiger partial charge >= 0.3 is 6.09 Å². The molecule has 3 fully saturated rings. The molecule has 0 saturated carbocycles. The average molecular weight is 431 g/mol. The van der Waals surface area contributed by atoms with Crippen molar-refractivity contribution < 1.29 is 22.7 Å². The van der Waals surface area contributed by atoms with Crippen molar-refractivity contribution >= 4 is 22.0 Å². The first kappa shape index (κ1) is 22.3. The number of nitrogens with zero attached hydrogens (tertiary/aromatic N) is 4. The van der Waals surface area contributed by atoms with Gasteiger partial charge in [0.15, 0.2) is 0 Å². The number of carbonyl (C=O) groups excluding carboxylic acids is 2. The van der Waals surface area contributed by atoms with E-state index in [2.05, 4.69) is 4.90 Å². The molecule has 29 heavy (non-hydrogen) atoms.